The highest BCUT2D eigenvalue weighted by Gasteiger charge is 2.20. The molecule has 0 fully saturated rings. The van der Waals surface area contributed by atoms with Gasteiger partial charge in [0.25, 0.3) is 0 Å². The summed E-state index contributed by atoms with van der Waals surface area (Å²) < 4.78 is 19.9. The SMILES string of the molecule is CCOC(=O)CN(CC(=O)OCC)Cc1cc(CN(CC(=O)OCC)CC(=O)OCC)cc(C(=O)O)c1. The lowest BCUT2D eigenvalue weighted by Gasteiger charge is -2.23. The molecule has 0 saturated heterocycles. The van der Waals surface area contributed by atoms with E-state index >= 15 is 0 Å². The van der Waals surface area contributed by atoms with Crippen molar-refractivity contribution in [2.24, 2.45) is 0 Å². The van der Waals surface area contributed by atoms with Gasteiger partial charge in [0.15, 0.2) is 0 Å². The Balaban J connectivity index is 3.24. The van der Waals surface area contributed by atoms with E-state index in [0.29, 0.717) is 11.1 Å². The molecule has 1 aromatic carbocycles. The molecule has 37 heavy (non-hydrogen) atoms. The number of aromatic carboxylic acids is 1. The van der Waals surface area contributed by atoms with Crippen LogP contribution in [0.3, 0.4) is 0 Å². The number of hydrogen-bond donors (Lipinski definition) is 1. The molecule has 206 valence electrons. The van der Waals surface area contributed by atoms with Crippen molar-refractivity contribution in [3.05, 3.63) is 34.9 Å². The molecule has 0 amide bonds. The molecule has 12 nitrogen and oxygen atoms in total. The monoisotopic (exact) mass is 524 g/mol. The molecule has 0 atom stereocenters. The zero-order valence-corrected chi connectivity index (χ0v) is 21.8. The van der Waals surface area contributed by atoms with Crippen LogP contribution in [0, 0.1) is 0 Å². The van der Waals surface area contributed by atoms with Gasteiger partial charge in [0.2, 0.25) is 0 Å². The van der Waals surface area contributed by atoms with Crippen molar-refractivity contribution in [3.63, 3.8) is 0 Å². The topological polar surface area (TPSA) is 149 Å². The second kappa shape index (κ2) is 17.0. The molecule has 0 aliphatic carbocycles. The summed E-state index contributed by atoms with van der Waals surface area (Å²) in [5.41, 5.74) is 0.957. The lowest BCUT2D eigenvalue weighted by Crippen LogP contribution is -2.36. The van der Waals surface area contributed by atoms with Gasteiger partial charge in [-0.1, -0.05) is 6.07 Å². The van der Waals surface area contributed by atoms with Gasteiger partial charge in [-0.2, -0.15) is 0 Å². The van der Waals surface area contributed by atoms with Gasteiger partial charge in [-0.3, -0.25) is 29.0 Å². The number of benzene rings is 1. The molecule has 0 aliphatic rings. The summed E-state index contributed by atoms with van der Waals surface area (Å²) in [7, 11) is 0. The second-order valence-corrected chi connectivity index (χ2v) is 7.85. The van der Waals surface area contributed by atoms with Crippen molar-refractivity contribution >= 4 is 29.8 Å². The Labute approximate surface area is 216 Å². The van der Waals surface area contributed by atoms with Crippen LogP contribution in [-0.4, -0.2) is 97.4 Å². The van der Waals surface area contributed by atoms with Gasteiger partial charge in [-0.25, -0.2) is 4.79 Å². The zero-order valence-electron chi connectivity index (χ0n) is 21.8. The first-order valence-corrected chi connectivity index (χ1v) is 12.0. The first-order valence-electron chi connectivity index (χ1n) is 12.0. The Bertz CT molecular complexity index is 830. The molecule has 0 unspecified atom stereocenters. The van der Waals surface area contributed by atoms with Crippen molar-refractivity contribution < 1.29 is 48.0 Å². The van der Waals surface area contributed by atoms with Gasteiger partial charge in [0.05, 0.1) is 58.2 Å². The Morgan fingerprint density at radius 2 is 0.892 bits per heavy atom. The number of ether oxygens (including phenoxy) is 4. The van der Waals surface area contributed by atoms with Crippen molar-refractivity contribution in [2.45, 2.75) is 40.8 Å². The molecule has 1 rings (SSSR count). The number of esters is 4. The van der Waals surface area contributed by atoms with E-state index in [9.17, 15) is 29.1 Å². The first kappa shape index (κ1) is 31.5. The van der Waals surface area contributed by atoms with Gasteiger partial charge in [0, 0.05) is 13.1 Å². The fraction of sp³-hybridized carbons (Fsp3) is 0.560. The fourth-order valence-electron chi connectivity index (χ4n) is 3.48. The maximum atomic E-state index is 12.1. The van der Waals surface area contributed by atoms with E-state index in [2.05, 4.69) is 0 Å². The lowest BCUT2D eigenvalue weighted by atomic mass is 10.0. The number of carbonyl (C=O) groups is 5. The highest BCUT2D eigenvalue weighted by molar-refractivity contribution is 5.88. The predicted octanol–water partition coefficient (Wildman–Crippen LogP) is 1.24. The van der Waals surface area contributed by atoms with E-state index in [1.807, 2.05) is 0 Å². The van der Waals surface area contributed by atoms with Crippen LogP contribution >= 0.6 is 0 Å². The third-order valence-electron chi connectivity index (χ3n) is 4.74. The van der Waals surface area contributed by atoms with E-state index < -0.39 is 29.8 Å². The highest BCUT2D eigenvalue weighted by atomic mass is 16.5. The van der Waals surface area contributed by atoms with Gasteiger partial charge >= 0.3 is 29.8 Å². The van der Waals surface area contributed by atoms with Crippen LogP contribution in [0.4, 0.5) is 0 Å². The Morgan fingerprint density at radius 1 is 0.595 bits per heavy atom. The number of nitrogens with zero attached hydrogens (tertiary/aromatic N) is 2. The van der Waals surface area contributed by atoms with Crippen LogP contribution in [0.25, 0.3) is 0 Å². The third-order valence-corrected chi connectivity index (χ3v) is 4.74. The minimum Gasteiger partial charge on any atom is -0.478 e. The quantitative estimate of drug-likeness (QED) is 0.231. The smallest absolute Gasteiger partial charge is 0.335 e. The normalized spacial score (nSPS) is 10.8. The van der Waals surface area contributed by atoms with Gasteiger partial charge in [-0.15, -0.1) is 0 Å². The Morgan fingerprint density at radius 3 is 1.14 bits per heavy atom. The fourth-order valence-corrected chi connectivity index (χ4v) is 3.48. The predicted molar refractivity (Wildman–Crippen MR) is 130 cm³/mol. The van der Waals surface area contributed by atoms with E-state index in [1.165, 1.54) is 21.9 Å². The van der Waals surface area contributed by atoms with Crippen LogP contribution in [0.5, 0.6) is 0 Å². The molecule has 0 aromatic heterocycles. The Kier molecular flexibility index (Phi) is 14.5. The van der Waals surface area contributed by atoms with Crippen LogP contribution in [0.1, 0.15) is 49.2 Å². The summed E-state index contributed by atoms with van der Waals surface area (Å²) in [6, 6.07) is 4.53. The van der Waals surface area contributed by atoms with E-state index in [4.69, 9.17) is 18.9 Å². The summed E-state index contributed by atoms with van der Waals surface area (Å²) in [5, 5.41) is 9.64. The van der Waals surface area contributed by atoms with Crippen LogP contribution in [0.15, 0.2) is 18.2 Å². The summed E-state index contributed by atoms with van der Waals surface area (Å²) in [4.78, 5) is 63.1. The van der Waals surface area contributed by atoms with Crippen LogP contribution in [-0.2, 0) is 51.2 Å². The zero-order chi connectivity index (χ0) is 27.8. The van der Waals surface area contributed by atoms with E-state index in [1.54, 1.807) is 33.8 Å². The first-order chi connectivity index (χ1) is 17.6. The molecule has 0 aliphatic heterocycles. The number of rotatable bonds is 17. The third kappa shape index (κ3) is 12.8. The van der Waals surface area contributed by atoms with Crippen LogP contribution < -0.4 is 0 Å². The summed E-state index contributed by atoms with van der Waals surface area (Å²) in [6.07, 6.45) is 0. The van der Waals surface area contributed by atoms with Gasteiger partial charge < -0.3 is 24.1 Å². The van der Waals surface area contributed by atoms with Crippen molar-refractivity contribution in [3.8, 4) is 0 Å². The van der Waals surface area contributed by atoms with Crippen LogP contribution in [0.2, 0.25) is 0 Å². The maximum Gasteiger partial charge on any atom is 0.335 e. The standard InChI is InChI=1S/C25H36N2O10/c1-5-34-21(28)14-26(15-22(29)35-6-2)12-18-9-19(11-20(10-18)25(32)33)13-27(16-23(30)36-7-3)17-24(31)37-8-4/h9-11H,5-8,12-17H2,1-4H3,(H,32,33). The summed E-state index contributed by atoms with van der Waals surface area (Å²) in [6.45, 7) is 6.56. The average molecular weight is 525 g/mol. The maximum absolute atomic E-state index is 12.1. The molecule has 0 spiro atoms. The van der Waals surface area contributed by atoms with Crippen molar-refractivity contribution in [2.75, 3.05) is 52.6 Å². The van der Waals surface area contributed by atoms with E-state index in [-0.39, 0.29) is 71.3 Å². The van der Waals surface area contributed by atoms with E-state index in [0.717, 1.165) is 0 Å². The number of carboxylic acids is 1. The minimum atomic E-state index is -1.19. The average Bonchev–Trinajstić information content (AvgIpc) is 2.79. The Hall–Kier alpha value is -3.51. The number of hydrogen-bond acceptors (Lipinski definition) is 11. The number of carboxylic acid groups (broad SMARTS) is 1. The van der Waals surface area contributed by atoms with Gasteiger partial charge in [-0.05, 0) is 51.0 Å². The second-order valence-electron chi connectivity index (χ2n) is 7.85. The number of carbonyl (C=O) groups excluding carboxylic acids is 4. The molecule has 0 bridgehead atoms. The molecule has 12 heteroatoms. The molecular formula is C25H36N2O10. The van der Waals surface area contributed by atoms with Crippen molar-refractivity contribution in [1.29, 1.82) is 0 Å². The molecule has 0 saturated carbocycles. The summed E-state index contributed by atoms with van der Waals surface area (Å²) in [5.74, 6) is -3.37. The largest absolute Gasteiger partial charge is 0.478 e. The van der Waals surface area contributed by atoms with Gasteiger partial charge in [0.1, 0.15) is 0 Å². The molecule has 1 N–H and O–H groups in total. The highest BCUT2D eigenvalue weighted by Crippen LogP contribution is 2.16. The summed E-state index contributed by atoms with van der Waals surface area (Å²) >= 11 is 0. The molecule has 1 aromatic rings. The molecule has 0 radical (unpaired) electrons. The lowest BCUT2D eigenvalue weighted by molar-refractivity contribution is -0.150. The molecule has 0 heterocycles. The molecular weight excluding hydrogens is 488 g/mol. The van der Waals surface area contributed by atoms with Crippen molar-refractivity contribution in [1.82, 2.24) is 9.80 Å². The minimum absolute atomic E-state index is 0.0352.